The third kappa shape index (κ3) is 4.12. The van der Waals surface area contributed by atoms with Crippen molar-refractivity contribution in [3.8, 4) is 0 Å². The molecule has 0 aliphatic carbocycles. The number of halogens is 1. The molecule has 2 aromatic carbocycles. The number of ether oxygens (including phenoxy) is 1. The van der Waals surface area contributed by atoms with Gasteiger partial charge in [-0.2, -0.15) is 0 Å². The van der Waals surface area contributed by atoms with Crippen LogP contribution in [0.5, 0.6) is 0 Å². The highest BCUT2D eigenvalue weighted by atomic mass is 19.1. The average Bonchev–Trinajstić information content (AvgIpc) is 3.40. The molecule has 2 bridgehead atoms. The molecule has 3 aliphatic rings. The standard InChI is InChI=1S/C29H35FN4O2/c1-2-29(17-36-18-29)28(35)32-25(20-7-4-3-5-8-20)13-14-33-21-11-12-22(33)16-23(15-21)34-19-31-27-24(30)9-6-10-26(27)34/h3-10,19,21-23,25H,2,11-18H2,1H3,(H,32,35)/t21-,22+,23-,25-/m0/s1. The zero-order valence-corrected chi connectivity index (χ0v) is 20.9. The van der Waals surface area contributed by atoms with Crippen LogP contribution >= 0.6 is 0 Å². The highest BCUT2D eigenvalue weighted by molar-refractivity contribution is 5.84. The number of fused-ring (bicyclic) bond motifs is 3. The van der Waals surface area contributed by atoms with Gasteiger partial charge < -0.3 is 14.6 Å². The van der Waals surface area contributed by atoms with Crippen LogP contribution in [0.4, 0.5) is 4.39 Å². The molecule has 1 N–H and O–H groups in total. The van der Waals surface area contributed by atoms with Crippen molar-refractivity contribution in [2.24, 2.45) is 5.41 Å². The lowest BCUT2D eigenvalue weighted by Crippen LogP contribution is -2.54. The minimum absolute atomic E-state index is 0.0135. The summed E-state index contributed by atoms with van der Waals surface area (Å²) >= 11 is 0. The predicted octanol–water partition coefficient (Wildman–Crippen LogP) is 5.02. The molecule has 0 radical (unpaired) electrons. The number of nitrogens with one attached hydrogen (secondary N) is 1. The Morgan fingerprint density at radius 1 is 1.11 bits per heavy atom. The molecule has 4 heterocycles. The van der Waals surface area contributed by atoms with E-state index >= 15 is 0 Å². The van der Waals surface area contributed by atoms with Gasteiger partial charge in [0.25, 0.3) is 0 Å². The van der Waals surface area contributed by atoms with E-state index in [0.29, 0.717) is 36.9 Å². The van der Waals surface area contributed by atoms with Crippen molar-refractivity contribution >= 4 is 16.9 Å². The smallest absolute Gasteiger partial charge is 0.231 e. The number of piperidine rings is 1. The van der Waals surface area contributed by atoms with E-state index in [0.717, 1.165) is 43.3 Å². The monoisotopic (exact) mass is 490 g/mol. The molecule has 1 amide bonds. The van der Waals surface area contributed by atoms with Gasteiger partial charge in [0.2, 0.25) is 5.91 Å². The number of benzene rings is 2. The van der Waals surface area contributed by atoms with E-state index in [1.54, 1.807) is 6.07 Å². The zero-order chi connectivity index (χ0) is 24.7. The summed E-state index contributed by atoms with van der Waals surface area (Å²) in [4.78, 5) is 20.3. The van der Waals surface area contributed by atoms with Gasteiger partial charge in [0.1, 0.15) is 5.52 Å². The molecule has 36 heavy (non-hydrogen) atoms. The second-order valence-electron chi connectivity index (χ2n) is 10.9. The maximum Gasteiger partial charge on any atom is 0.231 e. The van der Waals surface area contributed by atoms with Crippen molar-refractivity contribution < 1.29 is 13.9 Å². The number of nitrogens with zero attached hydrogens (tertiary/aromatic N) is 3. The van der Waals surface area contributed by atoms with Crippen molar-refractivity contribution in [2.45, 2.75) is 69.6 Å². The van der Waals surface area contributed by atoms with Crippen LogP contribution in [0, 0.1) is 11.2 Å². The Morgan fingerprint density at radius 2 is 1.86 bits per heavy atom. The van der Waals surface area contributed by atoms with E-state index in [1.807, 2.05) is 30.6 Å². The van der Waals surface area contributed by atoms with Crippen LogP contribution in [-0.4, -0.2) is 52.2 Å². The lowest BCUT2D eigenvalue weighted by atomic mass is 9.81. The molecule has 7 heteroatoms. The molecule has 0 unspecified atom stereocenters. The molecule has 3 aromatic rings. The maximum atomic E-state index is 14.2. The second-order valence-corrected chi connectivity index (χ2v) is 10.9. The lowest BCUT2D eigenvalue weighted by Gasteiger charge is -2.41. The van der Waals surface area contributed by atoms with E-state index in [2.05, 4.69) is 38.8 Å². The van der Waals surface area contributed by atoms with E-state index in [1.165, 1.54) is 18.9 Å². The van der Waals surface area contributed by atoms with Gasteiger partial charge in [-0.1, -0.05) is 43.3 Å². The first-order valence-electron chi connectivity index (χ1n) is 13.4. The number of hydrogen-bond acceptors (Lipinski definition) is 4. The molecular weight excluding hydrogens is 455 g/mol. The minimum Gasteiger partial charge on any atom is -0.379 e. The van der Waals surface area contributed by atoms with Gasteiger partial charge >= 0.3 is 0 Å². The summed E-state index contributed by atoms with van der Waals surface area (Å²) in [6.45, 7) is 4.05. The van der Waals surface area contributed by atoms with Crippen LogP contribution in [-0.2, 0) is 9.53 Å². The molecule has 3 fully saturated rings. The van der Waals surface area contributed by atoms with Crippen LogP contribution in [0.2, 0.25) is 0 Å². The molecule has 190 valence electrons. The van der Waals surface area contributed by atoms with Crippen molar-refractivity contribution in [1.82, 2.24) is 19.8 Å². The van der Waals surface area contributed by atoms with Gasteiger partial charge in [-0.05, 0) is 56.2 Å². The quantitative estimate of drug-likeness (QED) is 0.482. The number of para-hydroxylation sites is 1. The molecule has 3 aliphatic heterocycles. The van der Waals surface area contributed by atoms with Gasteiger partial charge in [-0.3, -0.25) is 9.69 Å². The molecule has 6 nitrogen and oxygen atoms in total. The Morgan fingerprint density at radius 3 is 2.53 bits per heavy atom. The maximum absolute atomic E-state index is 14.2. The van der Waals surface area contributed by atoms with Gasteiger partial charge in [-0.25, -0.2) is 9.37 Å². The SMILES string of the molecule is CCC1(C(=O)N[C@@H](CCN2[C@@H]3CC[C@H]2C[C@H](n2cnc4c(F)cccc42)C3)c2ccccc2)COC1. The second kappa shape index (κ2) is 9.60. The third-order valence-electron chi connectivity index (χ3n) is 8.91. The van der Waals surface area contributed by atoms with Crippen molar-refractivity contribution in [2.75, 3.05) is 19.8 Å². The highest BCUT2D eigenvalue weighted by Gasteiger charge is 2.45. The number of aromatic nitrogens is 2. The topological polar surface area (TPSA) is 59.4 Å². The summed E-state index contributed by atoms with van der Waals surface area (Å²) in [5.41, 5.74) is 2.14. The first-order chi connectivity index (χ1) is 17.6. The normalized spacial score (nSPS) is 26.0. The van der Waals surface area contributed by atoms with Gasteiger partial charge in [0.15, 0.2) is 5.82 Å². The molecule has 4 atom stereocenters. The summed E-state index contributed by atoms with van der Waals surface area (Å²) in [6.07, 6.45) is 8.00. The first kappa shape index (κ1) is 23.6. The van der Waals surface area contributed by atoms with Gasteiger partial charge in [0.05, 0.1) is 36.5 Å². The lowest BCUT2D eigenvalue weighted by molar-refractivity contribution is -0.163. The molecule has 1 aromatic heterocycles. The molecular formula is C29H35FN4O2. The number of hydrogen-bond donors (Lipinski definition) is 1. The summed E-state index contributed by atoms with van der Waals surface area (Å²) in [6, 6.07) is 16.9. The number of amides is 1. The molecule has 0 spiro atoms. The Hall–Kier alpha value is -2.77. The van der Waals surface area contributed by atoms with E-state index < -0.39 is 0 Å². The summed E-state index contributed by atoms with van der Waals surface area (Å²) in [5.74, 6) is -0.134. The summed E-state index contributed by atoms with van der Waals surface area (Å²) < 4.78 is 21.8. The van der Waals surface area contributed by atoms with Crippen LogP contribution in [0.3, 0.4) is 0 Å². The molecule has 3 saturated heterocycles. The number of carbonyl (C=O) groups excluding carboxylic acids is 1. The van der Waals surface area contributed by atoms with Crippen LogP contribution in [0.1, 0.15) is 63.1 Å². The fourth-order valence-electron chi connectivity index (χ4n) is 6.59. The summed E-state index contributed by atoms with van der Waals surface area (Å²) in [5, 5.41) is 3.38. The average molecular weight is 491 g/mol. The third-order valence-corrected chi connectivity index (χ3v) is 8.91. The van der Waals surface area contributed by atoms with Crippen LogP contribution in [0.15, 0.2) is 54.9 Å². The Kier molecular flexibility index (Phi) is 6.30. The molecule has 6 rings (SSSR count). The van der Waals surface area contributed by atoms with E-state index in [-0.39, 0.29) is 23.2 Å². The Labute approximate surface area is 211 Å². The van der Waals surface area contributed by atoms with Crippen molar-refractivity contribution in [3.63, 3.8) is 0 Å². The number of imidazole rings is 1. The first-order valence-corrected chi connectivity index (χ1v) is 13.4. The largest absolute Gasteiger partial charge is 0.379 e. The van der Waals surface area contributed by atoms with Crippen molar-refractivity contribution in [1.29, 1.82) is 0 Å². The molecule has 0 saturated carbocycles. The Balaban J connectivity index is 1.15. The van der Waals surface area contributed by atoms with Gasteiger partial charge in [0, 0.05) is 24.7 Å². The fourth-order valence-corrected chi connectivity index (χ4v) is 6.59. The van der Waals surface area contributed by atoms with Crippen molar-refractivity contribution in [3.05, 3.63) is 66.2 Å². The number of rotatable bonds is 8. The van der Waals surface area contributed by atoms with E-state index in [4.69, 9.17) is 4.74 Å². The highest BCUT2D eigenvalue weighted by Crippen LogP contribution is 2.42. The predicted molar refractivity (Wildman–Crippen MR) is 137 cm³/mol. The van der Waals surface area contributed by atoms with Crippen LogP contribution < -0.4 is 5.32 Å². The van der Waals surface area contributed by atoms with Gasteiger partial charge in [-0.15, -0.1) is 0 Å². The van der Waals surface area contributed by atoms with Crippen LogP contribution in [0.25, 0.3) is 11.0 Å². The van der Waals surface area contributed by atoms with E-state index in [9.17, 15) is 9.18 Å². The minimum atomic E-state index is -0.378. The zero-order valence-electron chi connectivity index (χ0n) is 20.9. The number of carbonyl (C=O) groups is 1. The Bertz CT molecular complexity index is 1200. The fraction of sp³-hybridized carbons (Fsp3) is 0.517. The summed E-state index contributed by atoms with van der Waals surface area (Å²) in [7, 11) is 0.